The van der Waals surface area contributed by atoms with Crippen molar-refractivity contribution in [3.05, 3.63) is 48.5 Å². The minimum atomic E-state index is -1.42. The summed E-state index contributed by atoms with van der Waals surface area (Å²) in [6.45, 7) is 3.01. The molecule has 0 aromatic heterocycles. The summed E-state index contributed by atoms with van der Waals surface area (Å²) >= 11 is 0. The third-order valence-corrected chi connectivity index (χ3v) is 4.16. The van der Waals surface area contributed by atoms with Crippen LogP contribution >= 0.6 is 0 Å². The molecule has 0 saturated carbocycles. The Labute approximate surface area is 145 Å². The van der Waals surface area contributed by atoms with Gasteiger partial charge in [0.1, 0.15) is 5.75 Å². The molecule has 2 aromatic rings. The van der Waals surface area contributed by atoms with Crippen LogP contribution in [-0.2, 0) is 0 Å². The smallest absolute Gasteiger partial charge is 0.488 e. The molecule has 0 aliphatic carbocycles. The van der Waals surface area contributed by atoms with Crippen LogP contribution in [0.2, 0.25) is 0 Å². The lowest BCUT2D eigenvalue weighted by molar-refractivity contribution is 0.304. The van der Waals surface area contributed by atoms with Crippen molar-refractivity contribution < 1.29 is 14.8 Å². The van der Waals surface area contributed by atoms with Gasteiger partial charge in [-0.2, -0.15) is 0 Å². The third-order valence-electron chi connectivity index (χ3n) is 4.16. The van der Waals surface area contributed by atoms with Gasteiger partial charge in [0, 0.05) is 0 Å². The van der Waals surface area contributed by atoms with Gasteiger partial charge in [-0.15, -0.1) is 0 Å². The van der Waals surface area contributed by atoms with Crippen LogP contribution in [0.25, 0.3) is 11.1 Å². The molecule has 0 atom stereocenters. The van der Waals surface area contributed by atoms with Gasteiger partial charge in [0.15, 0.2) is 0 Å². The first-order chi connectivity index (χ1) is 11.7. The highest BCUT2D eigenvalue weighted by molar-refractivity contribution is 6.58. The summed E-state index contributed by atoms with van der Waals surface area (Å²) in [6, 6.07) is 15.3. The summed E-state index contributed by atoms with van der Waals surface area (Å²) in [6.07, 6.45) is 7.59. The molecule has 24 heavy (non-hydrogen) atoms. The molecule has 3 nitrogen and oxygen atoms in total. The minimum absolute atomic E-state index is 0.498. The van der Waals surface area contributed by atoms with Crippen molar-refractivity contribution in [2.75, 3.05) is 6.61 Å². The van der Waals surface area contributed by atoms with E-state index in [1.807, 2.05) is 36.4 Å². The van der Waals surface area contributed by atoms with E-state index in [9.17, 15) is 0 Å². The average molecular weight is 326 g/mol. The van der Waals surface area contributed by atoms with E-state index in [4.69, 9.17) is 14.8 Å². The van der Waals surface area contributed by atoms with Crippen molar-refractivity contribution in [2.45, 2.75) is 45.4 Å². The number of rotatable bonds is 10. The van der Waals surface area contributed by atoms with Crippen LogP contribution in [-0.4, -0.2) is 23.8 Å². The SMILES string of the molecule is CCCCCCCCOc1ccc(-c2ccc(B(O)O)cc2)cc1. The quantitative estimate of drug-likeness (QED) is 0.516. The first-order valence-electron chi connectivity index (χ1n) is 8.90. The van der Waals surface area contributed by atoms with Crippen LogP contribution in [0.3, 0.4) is 0 Å². The standard InChI is InChI=1S/C20H27BO3/c1-2-3-4-5-6-7-16-24-20-14-10-18(11-15-20)17-8-12-19(13-9-17)21(22)23/h8-15,22-23H,2-7,16H2,1H3. The molecule has 0 fully saturated rings. The molecule has 0 unspecified atom stereocenters. The van der Waals surface area contributed by atoms with E-state index in [1.165, 1.54) is 32.1 Å². The average Bonchev–Trinajstić information content (AvgIpc) is 2.61. The maximum absolute atomic E-state index is 9.12. The Kier molecular flexibility index (Phi) is 7.86. The predicted molar refractivity (Wildman–Crippen MR) is 101 cm³/mol. The lowest BCUT2D eigenvalue weighted by atomic mass is 9.80. The van der Waals surface area contributed by atoms with E-state index in [-0.39, 0.29) is 0 Å². The largest absolute Gasteiger partial charge is 0.494 e. The third kappa shape index (κ3) is 6.02. The van der Waals surface area contributed by atoms with Gasteiger partial charge >= 0.3 is 7.12 Å². The number of ether oxygens (including phenoxy) is 1. The molecule has 0 radical (unpaired) electrons. The Morgan fingerprint density at radius 2 is 1.29 bits per heavy atom. The van der Waals surface area contributed by atoms with Crippen LogP contribution in [0.1, 0.15) is 45.4 Å². The fraction of sp³-hybridized carbons (Fsp3) is 0.400. The number of hydrogen-bond donors (Lipinski definition) is 2. The molecule has 2 aromatic carbocycles. The van der Waals surface area contributed by atoms with E-state index in [0.717, 1.165) is 29.9 Å². The summed E-state index contributed by atoms with van der Waals surface area (Å²) in [4.78, 5) is 0. The van der Waals surface area contributed by atoms with E-state index < -0.39 is 7.12 Å². The van der Waals surface area contributed by atoms with Crippen molar-refractivity contribution in [1.82, 2.24) is 0 Å². The van der Waals surface area contributed by atoms with Gasteiger partial charge in [-0.25, -0.2) is 0 Å². The monoisotopic (exact) mass is 326 g/mol. The molecule has 2 rings (SSSR count). The Bertz CT molecular complexity index is 579. The van der Waals surface area contributed by atoms with Gasteiger partial charge in [-0.3, -0.25) is 0 Å². The van der Waals surface area contributed by atoms with Crippen LogP contribution in [0.15, 0.2) is 48.5 Å². The highest BCUT2D eigenvalue weighted by Gasteiger charge is 2.10. The van der Waals surface area contributed by atoms with Crippen LogP contribution in [0.4, 0.5) is 0 Å². The Morgan fingerprint density at radius 1 is 0.750 bits per heavy atom. The lowest BCUT2D eigenvalue weighted by Gasteiger charge is -2.08. The lowest BCUT2D eigenvalue weighted by Crippen LogP contribution is -2.29. The fourth-order valence-electron chi connectivity index (χ4n) is 2.66. The zero-order chi connectivity index (χ0) is 17.2. The second kappa shape index (κ2) is 10.2. The summed E-state index contributed by atoms with van der Waals surface area (Å²) in [5.41, 5.74) is 2.63. The van der Waals surface area contributed by atoms with Crippen molar-refractivity contribution in [3.63, 3.8) is 0 Å². The van der Waals surface area contributed by atoms with Crippen molar-refractivity contribution in [2.24, 2.45) is 0 Å². The summed E-state index contributed by atoms with van der Waals surface area (Å²) in [5, 5.41) is 18.2. The molecule has 4 heteroatoms. The predicted octanol–water partition coefficient (Wildman–Crippen LogP) is 3.77. The molecule has 0 saturated heterocycles. The highest BCUT2D eigenvalue weighted by Crippen LogP contribution is 2.22. The minimum Gasteiger partial charge on any atom is -0.494 e. The Morgan fingerprint density at radius 3 is 1.88 bits per heavy atom. The van der Waals surface area contributed by atoms with Gasteiger partial charge in [0.05, 0.1) is 6.61 Å². The molecular formula is C20H27BO3. The van der Waals surface area contributed by atoms with E-state index in [2.05, 4.69) is 6.92 Å². The summed E-state index contributed by atoms with van der Waals surface area (Å²) < 4.78 is 5.79. The second-order valence-corrected chi connectivity index (χ2v) is 6.14. The van der Waals surface area contributed by atoms with Crippen LogP contribution in [0.5, 0.6) is 5.75 Å². The molecule has 128 valence electrons. The van der Waals surface area contributed by atoms with Crippen molar-refractivity contribution in [1.29, 1.82) is 0 Å². The number of benzene rings is 2. The topological polar surface area (TPSA) is 49.7 Å². The first-order valence-corrected chi connectivity index (χ1v) is 8.90. The first kappa shape index (κ1) is 18.6. The maximum Gasteiger partial charge on any atom is 0.488 e. The second-order valence-electron chi connectivity index (χ2n) is 6.14. The molecule has 0 aliphatic rings. The van der Waals surface area contributed by atoms with Crippen LogP contribution in [0, 0.1) is 0 Å². The summed E-state index contributed by atoms with van der Waals surface area (Å²) in [5.74, 6) is 0.898. The molecule has 0 amide bonds. The van der Waals surface area contributed by atoms with Crippen molar-refractivity contribution in [3.8, 4) is 16.9 Å². The molecule has 0 aliphatic heterocycles. The number of hydrogen-bond acceptors (Lipinski definition) is 3. The van der Waals surface area contributed by atoms with Gasteiger partial charge < -0.3 is 14.8 Å². The molecule has 0 spiro atoms. The van der Waals surface area contributed by atoms with Gasteiger partial charge in [-0.05, 0) is 35.1 Å². The molecular weight excluding hydrogens is 299 g/mol. The Hall–Kier alpha value is -1.78. The van der Waals surface area contributed by atoms with Gasteiger partial charge in [0.2, 0.25) is 0 Å². The zero-order valence-electron chi connectivity index (χ0n) is 14.4. The van der Waals surface area contributed by atoms with Gasteiger partial charge in [-0.1, -0.05) is 75.4 Å². The van der Waals surface area contributed by atoms with Crippen molar-refractivity contribution >= 4 is 12.6 Å². The van der Waals surface area contributed by atoms with E-state index in [1.54, 1.807) is 12.1 Å². The molecule has 0 heterocycles. The normalized spacial score (nSPS) is 10.6. The molecule has 0 bridgehead atoms. The van der Waals surface area contributed by atoms with E-state index in [0.29, 0.717) is 5.46 Å². The maximum atomic E-state index is 9.12. The number of unbranched alkanes of at least 4 members (excludes halogenated alkanes) is 5. The fourth-order valence-corrected chi connectivity index (χ4v) is 2.66. The van der Waals surface area contributed by atoms with Crippen LogP contribution < -0.4 is 10.2 Å². The van der Waals surface area contributed by atoms with Gasteiger partial charge in [0.25, 0.3) is 0 Å². The zero-order valence-corrected chi connectivity index (χ0v) is 14.4. The Balaban J connectivity index is 1.78. The summed E-state index contributed by atoms with van der Waals surface area (Å²) in [7, 11) is -1.42. The highest BCUT2D eigenvalue weighted by atomic mass is 16.5. The van der Waals surface area contributed by atoms with E-state index >= 15 is 0 Å². The molecule has 2 N–H and O–H groups in total.